The number of aromatic nitrogens is 1. The summed E-state index contributed by atoms with van der Waals surface area (Å²) in [6.07, 6.45) is 2.83. The summed E-state index contributed by atoms with van der Waals surface area (Å²) in [7, 11) is 0. The maximum absolute atomic E-state index is 13.9. The van der Waals surface area contributed by atoms with Gasteiger partial charge in [-0.05, 0) is 67.3 Å². The number of ether oxygens (including phenoxy) is 4. The summed E-state index contributed by atoms with van der Waals surface area (Å²) in [6, 6.07) is 11.9. The highest BCUT2D eigenvalue weighted by Crippen LogP contribution is 2.67. The van der Waals surface area contributed by atoms with E-state index in [2.05, 4.69) is 11.6 Å². The minimum absolute atomic E-state index is 0.0375. The quantitative estimate of drug-likeness (QED) is 0.244. The third kappa shape index (κ3) is 5.83. The molecular weight excluding hydrogens is 630 g/mol. The number of carbonyl (C=O) groups excluding carboxylic acids is 3. The first-order chi connectivity index (χ1) is 23.2. The molecule has 1 aromatic carbocycles. The van der Waals surface area contributed by atoms with Gasteiger partial charge in [-0.25, -0.2) is 9.59 Å². The van der Waals surface area contributed by atoms with E-state index in [1.165, 1.54) is 13.8 Å². The van der Waals surface area contributed by atoms with Crippen LogP contribution in [0.2, 0.25) is 0 Å². The molecule has 0 bridgehead atoms. The highest BCUT2D eigenvalue weighted by Gasteiger charge is 2.71. The molecule has 0 radical (unpaired) electrons. The minimum atomic E-state index is -1.39. The molecule has 3 aliphatic rings. The molecule has 2 aliphatic carbocycles. The molecule has 2 aromatic heterocycles. The third-order valence-electron chi connectivity index (χ3n) is 11.0. The first-order valence-corrected chi connectivity index (χ1v) is 16.4. The molecule has 0 spiro atoms. The minimum Gasteiger partial charge on any atom is -0.482 e. The van der Waals surface area contributed by atoms with Gasteiger partial charge in [0, 0.05) is 49.2 Å². The Labute approximate surface area is 284 Å². The van der Waals surface area contributed by atoms with Crippen molar-refractivity contribution in [1.82, 2.24) is 4.98 Å². The lowest BCUT2D eigenvalue weighted by molar-refractivity contribution is -0.266. The topological polar surface area (TPSA) is 151 Å². The van der Waals surface area contributed by atoms with Crippen LogP contribution in [0.4, 0.5) is 0 Å². The zero-order valence-electron chi connectivity index (χ0n) is 28.3. The van der Waals surface area contributed by atoms with Gasteiger partial charge in [0.1, 0.15) is 41.5 Å². The number of aliphatic hydroxyl groups is 1. The Balaban J connectivity index is 1.51. The number of nitrogens with zero attached hydrogens (tertiary/aromatic N) is 1. The molecule has 3 aromatic rings. The number of carbonyl (C=O) groups is 3. The fourth-order valence-corrected chi connectivity index (χ4v) is 8.83. The lowest BCUT2D eigenvalue weighted by Crippen LogP contribution is -2.71. The number of esters is 3. The smallest absolute Gasteiger partial charge is 0.345 e. The van der Waals surface area contributed by atoms with Gasteiger partial charge in [-0.15, -0.1) is 0 Å². The number of hydrogen-bond acceptors (Lipinski definition) is 11. The second-order valence-electron chi connectivity index (χ2n) is 14.1. The molecule has 6 rings (SSSR count). The lowest BCUT2D eigenvalue weighted by Gasteiger charge is -2.66. The Hall–Kier alpha value is -4.77. The van der Waals surface area contributed by atoms with E-state index in [0.717, 1.165) is 5.56 Å². The van der Waals surface area contributed by atoms with Gasteiger partial charge in [0.25, 0.3) is 0 Å². The Morgan fingerprint density at radius 1 is 1.06 bits per heavy atom. The van der Waals surface area contributed by atoms with Gasteiger partial charge in [0.05, 0.1) is 11.7 Å². The van der Waals surface area contributed by atoms with Crippen molar-refractivity contribution in [2.75, 3.05) is 6.61 Å². The summed E-state index contributed by atoms with van der Waals surface area (Å²) in [5.41, 5.74) is -2.34. The number of benzene rings is 1. The number of aliphatic hydroxyl groups excluding tert-OH is 1. The molecule has 8 atom stereocenters. The molecule has 11 nitrogen and oxygen atoms in total. The second-order valence-corrected chi connectivity index (χ2v) is 14.1. The first-order valence-electron chi connectivity index (χ1n) is 16.4. The molecule has 0 saturated heterocycles. The van der Waals surface area contributed by atoms with Crippen molar-refractivity contribution in [2.24, 2.45) is 22.7 Å². The number of rotatable bonds is 7. The monoisotopic (exact) mass is 671 g/mol. The predicted molar refractivity (Wildman–Crippen MR) is 177 cm³/mol. The molecule has 0 amide bonds. The molecule has 2 saturated carbocycles. The van der Waals surface area contributed by atoms with Gasteiger partial charge in [-0.1, -0.05) is 38.6 Å². The van der Waals surface area contributed by atoms with Crippen LogP contribution in [0.3, 0.4) is 0 Å². The van der Waals surface area contributed by atoms with Gasteiger partial charge in [-0.3, -0.25) is 14.6 Å². The van der Waals surface area contributed by atoms with E-state index in [-0.39, 0.29) is 30.1 Å². The van der Waals surface area contributed by atoms with Gasteiger partial charge < -0.3 is 28.5 Å². The van der Waals surface area contributed by atoms with Crippen LogP contribution in [0.25, 0.3) is 17.4 Å². The fraction of sp³-hybridized carbons (Fsp3) is 0.447. The molecular formula is C38H41NO10. The fourth-order valence-electron chi connectivity index (χ4n) is 8.83. The Morgan fingerprint density at radius 2 is 1.84 bits per heavy atom. The van der Waals surface area contributed by atoms with Crippen LogP contribution in [0.1, 0.15) is 81.5 Å². The molecule has 3 heterocycles. The standard InChI is InChI=1S/C38H41NO10/c1-7-23-10-8-11-24(16-23)34(43)48-30-18-28-36(4,14-13-29(46-22(3)41)37(28,5)20-45-21(2)40)33-32(42)31-27(49-38(30,33)6)17-26(47-35(31)44)25-12-9-15-39-19-25/h7-12,15-17,19,28-30,32-33,42H,1,13-14,18,20H2,2-6H3/t28?,29-,30-,32-,33?,36-,37+,38+/m0/s1. The van der Waals surface area contributed by atoms with Gasteiger partial charge >= 0.3 is 23.5 Å². The van der Waals surface area contributed by atoms with Gasteiger partial charge in [0.2, 0.25) is 0 Å². The largest absolute Gasteiger partial charge is 0.482 e. The zero-order valence-corrected chi connectivity index (χ0v) is 28.3. The van der Waals surface area contributed by atoms with E-state index in [1.807, 2.05) is 19.9 Å². The summed E-state index contributed by atoms with van der Waals surface area (Å²) in [5, 5.41) is 12.3. The average molecular weight is 672 g/mol. The van der Waals surface area contributed by atoms with E-state index in [4.69, 9.17) is 23.4 Å². The molecule has 1 aliphatic heterocycles. The molecule has 49 heavy (non-hydrogen) atoms. The Morgan fingerprint density at radius 3 is 2.51 bits per heavy atom. The average Bonchev–Trinajstić information content (AvgIpc) is 3.06. The highest BCUT2D eigenvalue weighted by molar-refractivity contribution is 5.90. The number of hydrogen-bond donors (Lipinski definition) is 1. The normalized spacial score (nSPS) is 31.5. The van der Waals surface area contributed by atoms with Crippen LogP contribution in [-0.2, 0) is 23.8 Å². The molecule has 11 heteroatoms. The van der Waals surface area contributed by atoms with E-state index < -0.39 is 70.1 Å². The SMILES string of the molecule is C=Cc1cccc(C(=O)O[C@H]2CC3[C@](C)(CC[C@H](OC(C)=O)[C@]3(C)COC(C)=O)C3[C@@H](O)c4c(cc(-c5cccnc5)oc4=O)O[C@@]32C)c1. The van der Waals surface area contributed by atoms with Crippen molar-refractivity contribution >= 4 is 24.0 Å². The van der Waals surface area contributed by atoms with E-state index in [0.29, 0.717) is 24.0 Å². The summed E-state index contributed by atoms with van der Waals surface area (Å²) in [5.74, 6) is -2.53. The van der Waals surface area contributed by atoms with E-state index in [1.54, 1.807) is 61.8 Å². The van der Waals surface area contributed by atoms with Crippen LogP contribution < -0.4 is 10.4 Å². The molecule has 2 unspecified atom stereocenters. The third-order valence-corrected chi connectivity index (χ3v) is 11.0. The van der Waals surface area contributed by atoms with Crippen molar-refractivity contribution in [1.29, 1.82) is 0 Å². The van der Waals surface area contributed by atoms with Crippen molar-refractivity contribution in [3.05, 3.63) is 88.5 Å². The van der Waals surface area contributed by atoms with Gasteiger partial charge in [-0.2, -0.15) is 0 Å². The maximum Gasteiger partial charge on any atom is 0.345 e. The summed E-state index contributed by atoms with van der Waals surface area (Å²) in [6.45, 7) is 12.0. The predicted octanol–water partition coefficient (Wildman–Crippen LogP) is 5.69. The number of pyridine rings is 1. The Kier molecular flexibility index (Phi) is 8.77. The van der Waals surface area contributed by atoms with E-state index in [9.17, 15) is 24.3 Å². The van der Waals surface area contributed by atoms with Crippen LogP contribution in [0, 0.1) is 22.7 Å². The van der Waals surface area contributed by atoms with Crippen molar-refractivity contribution in [2.45, 2.75) is 77.8 Å². The molecule has 1 N–H and O–H groups in total. The molecule has 258 valence electrons. The maximum atomic E-state index is 13.9. The Bertz CT molecular complexity index is 1850. The highest BCUT2D eigenvalue weighted by atomic mass is 16.6. The van der Waals surface area contributed by atoms with Crippen LogP contribution in [0.15, 0.2) is 70.6 Å². The first kappa shape index (κ1) is 34.1. The molecule has 2 fully saturated rings. The van der Waals surface area contributed by atoms with Crippen LogP contribution in [-0.4, -0.2) is 52.4 Å². The van der Waals surface area contributed by atoms with Crippen molar-refractivity contribution in [3.8, 4) is 17.1 Å². The number of fused-ring (bicyclic) bond motifs is 4. The summed E-state index contributed by atoms with van der Waals surface area (Å²) >= 11 is 0. The van der Waals surface area contributed by atoms with E-state index >= 15 is 0 Å². The van der Waals surface area contributed by atoms with Crippen molar-refractivity contribution in [3.63, 3.8) is 0 Å². The zero-order chi connectivity index (χ0) is 35.3. The van der Waals surface area contributed by atoms with Gasteiger partial charge in [0.15, 0.2) is 0 Å². The second kappa shape index (κ2) is 12.6. The summed E-state index contributed by atoms with van der Waals surface area (Å²) in [4.78, 5) is 56.1. The van der Waals surface area contributed by atoms with Crippen LogP contribution in [0.5, 0.6) is 5.75 Å². The summed E-state index contributed by atoms with van der Waals surface area (Å²) < 4.78 is 30.3. The van der Waals surface area contributed by atoms with Crippen molar-refractivity contribution < 1.29 is 42.9 Å². The van der Waals surface area contributed by atoms with Crippen LogP contribution >= 0.6 is 0 Å². The lowest BCUT2D eigenvalue weighted by atomic mass is 9.42.